The topological polar surface area (TPSA) is 96.5 Å². The van der Waals surface area contributed by atoms with Gasteiger partial charge in [-0.15, -0.1) is 0 Å². The van der Waals surface area contributed by atoms with Gasteiger partial charge in [0.05, 0.1) is 12.9 Å². The molecule has 0 amide bonds. The van der Waals surface area contributed by atoms with Gasteiger partial charge in [0, 0.05) is 6.08 Å². The monoisotopic (exact) mass is 221 g/mol. The summed E-state index contributed by atoms with van der Waals surface area (Å²) in [5, 5.41) is 0. The average Bonchev–Trinajstić information content (AvgIpc) is 2.27. The molecule has 0 spiro atoms. The standard InChI is InChI=1S/C11H15N3O2/c1-15-8-2-4-9(5-3-8)16-11(14)7-6-10(12)13/h2-7H,12-14H2,1H3/b11-7+. The molecule has 16 heavy (non-hydrogen) atoms. The second-order valence-electron chi connectivity index (χ2n) is 3.01. The van der Waals surface area contributed by atoms with Gasteiger partial charge in [0.2, 0.25) is 0 Å². The minimum absolute atomic E-state index is 0.168. The maximum Gasteiger partial charge on any atom is 0.190 e. The Hall–Kier alpha value is -2.30. The Morgan fingerprint density at radius 3 is 2.06 bits per heavy atom. The molecule has 0 fully saturated rings. The molecule has 0 atom stereocenters. The van der Waals surface area contributed by atoms with Crippen LogP contribution in [0, 0.1) is 0 Å². The lowest BCUT2D eigenvalue weighted by Gasteiger charge is -2.05. The Labute approximate surface area is 94.1 Å². The Morgan fingerprint density at radius 2 is 1.56 bits per heavy atom. The van der Waals surface area contributed by atoms with E-state index in [1.165, 1.54) is 12.2 Å². The molecule has 0 radical (unpaired) electrons. The molecular formula is C11H15N3O2. The molecule has 0 bridgehead atoms. The van der Waals surface area contributed by atoms with Crippen LogP contribution in [0.25, 0.3) is 0 Å². The van der Waals surface area contributed by atoms with Crippen LogP contribution in [0.1, 0.15) is 0 Å². The molecule has 0 unspecified atom stereocenters. The van der Waals surface area contributed by atoms with Gasteiger partial charge in [-0.1, -0.05) is 0 Å². The highest BCUT2D eigenvalue weighted by Crippen LogP contribution is 2.17. The van der Waals surface area contributed by atoms with Crippen molar-refractivity contribution in [3.8, 4) is 11.5 Å². The maximum absolute atomic E-state index is 5.58. The lowest BCUT2D eigenvalue weighted by Crippen LogP contribution is -2.09. The molecule has 0 saturated carbocycles. The van der Waals surface area contributed by atoms with E-state index in [1.54, 1.807) is 31.4 Å². The van der Waals surface area contributed by atoms with Crippen molar-refractivity contribution in [1.29, 1.82) is 0 Å². The lowest BCUT2D eigenvalue weighted by molar-refractivity contribution is 0.405. The first-order chi connectivity index (χ1) is 7.61. The van der Waals surface area contributed by atoms with Gasteiger partial charge in [-0.2, -0.15) is 0 Å². The van der Waals surface area contributed by atoms with Gasteiger partial charge in [0.1, 0.15) is 11.5 Å². The number of rotatable bonds is 4. The van der Waals surface area contributed by atoms with Crippen LogP contribution in [-0.4, -0.2) is 7.11 Å². The van der Waals surface area contributed by atoms with Crippen molar-refractivity contribution in [1.82, 2.24) is 0 Å². The zero-order valence-corrected chi connectivity index (χ0v) is 9.01. The van der Waals surface area contributed by atoms with Crippen LogP contribution in [0.3, 0.4) is 0 Å². The van der Waals surface area contributed by atoms with Gasteiger partial charge in [0.25, 0.3) is 0 Å². The van der Waals surface area contributed by atoms with E-state index < -0.39 is 0 Å². The summed E-state index contributed by atoms with van der Waals surface area (Å²) in [6, 6.07) is 7.04. The SMILES string of the molecule is COc1ccc(O/C(N)=C/C=C(N)N)cc1. The zero-order chi connectivity index (χ0) is 12.0. The van der Waals surface area contributed by atoms with Crippen molar-refractivity contribution in [3.05, 3.63) is 48.1 Å². The predicted octanol–water partition coefficient (Wildman–Crippen LogP) is 0.633. The normalized spacial score (nSPS) is 10.7. The minimum Gasteiger partial charge on any atom is -0.497 e. The largest absolute Gasteiger partial charge is 0.497 e. The van der Waals surface area contributed by atoms with Gasteiger partial charge >= 0.3 is 0 Å². The molecule has 6 N–H and O–H groups in total. The highest BCUT2D eigenvalue weighted by Gasteiger charge is 1.96. The summed E-state index contributed by atoms with van der Waals surface area (Å²) in [6.45, 7) is 0. The molecule has 1 aromatic carbocycles. The van der Waals surface area contributed by atoms with Crippen molar-refractivity contribution in [2.75, 3.05) is 7.11 Å². The van der Waals surface area contributed by atoms with Crippen molar-refractivity contribution >= 4 is 0 Å². The van der Waals surface area contributed by atoms with Gasteiger partial charge < -0.3 is 26.7 Å². The van der Waals surface area contributed by atoms with E-state index in [-0.39, 0.29) is 11.7 Å². The highest BCUT2D eigenvalue weighted by atomic mass is 16.5. The average molecular weight is 221 g/mol. The van der Waals surface area contributed by atoms with E-state index in [2.05, 4.69) is 0 Å². The third-order valence-electron chi connectivity index (χ3n) is 1.74. The minimum atomic E-state index is 0.168. The van der Waals surface area contributed by atoms with Crippen LogP contribution in [0.5, 0.6) is 11.5 Å². The summed E-state index contributed by atoms with van der Waals surface area (Å²) in [6.07, 6.45) is 2.94. The Kier molecular flexibility index (Phi) is 4.08. The Bertz CT molecular complexity index is 392. The summed E-state index contributed by atoms with van der Waals surface area (Å²) in [7, 11) is 1.60. The van der Waals surface area contributed by atoms with Gasteiger partial charge in [-0.25, -0.2) is 0 Å². The number of hydrogen-bond acceptors (Lipinski definition) is 5. The summed E-state index contributed by atoms with van der Waals surface area (Å²) in [4.78, 5) is 0. The summed E-state index contributed by atoms with van der Waals surface area (Å²) < 4.78 is 10.3. The van der Waals surface area contributed by atoms with E-state index in [4.69, 9.17) is 26.7 Å². The molecule has 0 aromatic heterocycles. The van der Waals surface area contributed by atoms with E-state index >= 15 is 0 Å². The number of methoxy groups -OCH3 is 1. The molecule has 0 aliphatic rings. The van der Waals surface area contributed by atoms with E-state index in [0.29, 0.717) is 5.75 Å². The van der Waals surface area contributed by atoms with Crippen LogP contribution in [0.2, 0.25) is 0 Å². The van der Waals surface area contributed by atoms with Crippen molar-refractivity contribution in [3.63, 3.8) is 0 Å². The lowest BCUT2D eigenvalue weighted by atomic mass is 10.3. The molecule has 1 aromatic rings. The predicted molar refractivity (Wildman–Crippen MR) is 62.4 cm³/mol. The fourth-order valence-corrected chi connectivity index (χ4v) is 0.992. The summed E-state index contributed by atoms with van der Waals surface area (Å²) >= 11 is 0. The fourth-order valence-electron chi connectivity index (χ4n) is 0.992. The second-order valence-corrected chi connectivity index (χ2v) is 3.01. The third-order valence-corrected chi connectivity index (χ3v) is 1.74. The Balaban J connectivity index is 2.66. The summed E-state index contributed by atoms with van der Waals surface area (Å²) in [5.74, 6) is 1.74. The number of hydrogen-bond donors (Lipinski definition) is 3. The molecule has 0 saturated heterocycles. The quantitative estimate of drug-likeness (QED) is 0.512. The van der Waals surface area contributed by atoms with Gasteiger partial charge in [-0.05, 0) is 30.3 Å². The maximum atomic E-state index is 5.58. The second kappa shape index (κ2) is 5.55. The summed E-state index contributed by atoms with van der Waals surface area (Å²) in [5.41, 5.74) is 16.1. The molecule has 86 valence electrons. The van der Waals surface area contributed by atoms with E-state index in [9.17, 15) is 0 Å². The smallest absolute Gasteiger partial charge is 0.190 e. The number of nitrogens with two attached hydrogens (primary N) is 3. The van der Waals surface area contributed by atoms with Crippen LogP contribution in [0.4, 0.5) is 0 Å². The number of allylic oxidation sites excluding steroid dienone is 2. The molecule has 1 rings (SSSR count). The first kappa shape index (κ1) is 11.8. The molecule has 0 aliphatic heterocycles. The van der Waals surface area contributed by atoms with Gasteiger partial charge in [-0.3, -0.25) is 0 Å². The molecule has 5 heteroatoms. The first-order valence-corrected chi connectivity index (χ1v) is 4.62. The molecular weight excluding hydrogens is 206 g/mol. The number of ether oxygens (including phenoxy) is 2. The van der Waals surface area contributed by atoms with Crippen LogP contribution < -0.4 is 26.7 Å². The third kappa shape index (κ3) is 3.83. The van der Waals surface area contributed by atoms with Crippen molar-refractivity contribution < 1.29 is 9.47 Å². The number of benzene rings is 1. The zero-order valence-electron chi connectivity index (χ0n) is 9.01. The molecule has 0 heterocycles. The van der Waals surface area contributed by atoms with E-state index in [0.717, 1.165) is 5.75 Å². The van der Waals surface area contributed by atoms with Crippen LogP contribution in [-0.2, 0) is 0 Å². The van der Waals surface area contributed by atoms with Gasteiger partial charge in [0.15, 0.2) is 5.88 Å². The fraction of sp³-hybridized carbons (Fsp3) is 0.0909. The van der Waals surface area contributed by atoms with Crippen molar-refractivity contribution in [2.45, 2.75) is 0 Å². The first-order valence-electron chi connectivity index (χ1n) is 4.62. The van der Waals surface area contributed by atoms with Crippen LogP contribution >= 0.6 is 0 Å². The highest BCUT2D eigenvalue weighted by molar-refractivity contribution is 5.32. The Morgan fingerprint density at radius 1 is 1.00 bits per heavy atom. The molecule has 5 nitrogen and oxygen atoms in total. The molecule has 0 aliphatic carbocycles. The van der Waals surface area contributed by atoms with Crippen molar-refractivity contribution in [2.24, 2.45) is 17.2 Å². The van der Waals surface area contributed by atoms with Crippen LogP contribution in [0.15, 0.2) is 48.1 Å². The van der Waals surface area contributed by atoms with E-state index in [1.807, 2.05) is 0 Å².